The van der Waals surface area contributed by atoms with Crippen molar-refractivity contribution in [3.05, 3.63) is 83.6 Å². The molecular weight excluding hydrogens is 442 g/mol. The van der Waals surface area contributed by atoms with Gasteiger partial charge in [-0.2, -0.15) is 0 Å². The highest BCUT2D eigenvalue weighted by molar-refractivity contribution is 7.14. The Hall–Kier alpha value is -4.11. The SMILES string of the molecule is O=C(NC(Cc1ccccc1)C(=O)Nc1nc(-c2ccc3c(c2)OCO3)cs1)c1ccco1. The fourth-order valence-electron chi connectivity index (χ4n) is 3.41. The zero-order valence-corrected chi connectivity index (χ0v) is 18.1. The van der Waals surface area contributed by atoms with Gasteiger partial charge in [0.25, 0.3) is 5.91 Å². The van der Waals surface area contributed by atoms with E-state index in [1.54, 1.807) is 12.1 Å². The number of hydrogen-bond donors (Lipinski definition) is 2. The first-order valence-corrected chi connectivity index (χ1v) is 11.1. The van der Waals surface area contributed by atoms with E-state index >= 15 is 0 Å². The van der Waals surface area contributed by atoms with Crippen LogP contribution in [0.25, 0.3) is 11.3 Å². The third kappa shape index (κ3) is 4.73. The van der Waals surface area contributed by atoms with E-state index in [-0.39, 0.29) is 18.5 Å². The Morgan fingerprint density at radius 1 is 1.03 bits per heavy atom. The van der Waals surface area contributed by atoms with Crippen LogP contribution in [0.2, 0.25) is 0 Å². The second-order valence-electron chi connectivity index (χ2n) is 7.29. The lowest BCUT2D eigenvalue weighted by atomic mass is 10.1. The molecule has 1 atom stereocenters. The molecule has 0 spiro atoms. The summed E-state index contributed by atoms with van der Waals surface area (Å²) in [6.07, 6.45) is 1.73. The fraction of sp³-hybridized carbons (Fsp3) is 0.125. The number of ether oxygens (including phenoxy) is 2. The lowest BCUT2D eigenvalue weighted by Crippen LogP contribution is -2.45. The van der Waals surface area contributed by atoms with Gasteiger partial charge in [-0.25, -0.2) is 4.98 Å². The molecule has 0 fully saturated rings. The predicted octanol–water partition coefficient (Wildman–Crippen LogP) is 4.11. The zero-order valence-electron chi connectivity index (χ0n) is 17.3. The standard InChI is InChI=1S/C24H19N3O5S/c28-22(17(11-15-5-2-1-3-6-15)25-23(29)20-7-4-10-30-20)27-24-26-18(13-33-24)16-8-9-19-21(12-16)32-14-31-19/h1-10,12-13,17H,11,14H2,(H,25,29)(H,26,27,28). The number of furan rings is 1. The molecule has 0 saturated heterocycles. The molecule has 8 nitrogen and oxygen atoms in total. The monoisotopic (exact) mass is 461 g/mol. The van der Waals surface area contributed by atoms with Gasteiger partial charge < -0.3 is 24.5 Å². The van der Waals surface area contributed by atoms with E-state index in [9.17, 15) is 9.59 Å². The van der Waals surface area contributed by atoms with Crippen LogP contribution in [0.3, 0.4) is 0 Å². The third-order valence-corrected chi connectivity index (χ3v) is 5.81. The van der Waals surface area contributed by atoms with Gasteiger partial charge in [-0.1, -0.05) is 30.3 Å². The molecule has 9 heteroatoms. The molecular formula is C24H19N3O5S. The second kappa shape index (κ2) is 9.17. The molecule has 0 aliphatic carbocycles. The number of aromatic nitrogens is 1. The Kier molecular flexibility index (Phi) is 5.77. The van der Waals surface area contributed by atoms with Gasteiger partial charge in [0, 0.05) is 17.4 Å². The predicted molar refractivity (Wildman–Crippen MR) is 122 cm³/mol. The highest BCUT2D eigenvalue weighted by Gasteiger charge is 2.24. The van der Waals surface area contributed by atoms with Crippen LogP contribution in [0.1, 0.15) is 16.1 Å². The first kappa shape index (κ1) is 20.8. The number of thiazole rings is 1. The highest BCUT2D eigenvalue weighted by Crippen LogP contribution is 2.36. The van der Waals surface area contributed by atoms with Gasteiger partial charge in [-0.15, -0.1) is 11.3 Å². The molecule has 5 rings (SSSR count). The summed E-state index contributed by atoms with van der Waals surface area (Å²) in [5, 5.41) is 7.86. The molecule has 0 radical (unpaired) electrons. The molecule has 1 aliphatic rings. The Morgan fingerprint density at radius 3 is 2.70 bits per heavy atom. The number of anilines is 1. The second-order valence-corrected chi connectivity index (χ2v) is 8.15. The van der Waals surface area contributed by atoms with Crippen LogP contribution in [0.15, 0.2) is 76.7 Å². The van der Waals surface area contributed by atoms with Gasteiger partial charge in [0.1, 0.15) is 6.04 Å². The van der Waals surface area contributed by atoms with Crippen LogP contribution in [0.4, 0.5) is 5.13 Å². The average molecular weight is 461 g/mol. The van der Waals surface area contributed by atoms with Gasteiger partial charge in [0.05, 0.1) is 12.0 Å². The number of nitrogens with one attached hydrogen (secondary N) is 2. The van der Waals surface area contributed by atoms with Crippen LogP contribution in [0, 0.1) is 0 Å². The summed E-state index contributed by atoms with van der Waals surface area (Å²) in [6, 6.07) is 17.4. The van der Waals surface area contributed by atoms with E-state index in [0.29, 0.717) is 28.7 Å². The number of fused-ring (bicyclic) bond motifs is 1. The zero-order chi connectivity index (χ0) is 22.6. The van der Waals surface area contributed by atoms with Crippen molar-refractivity contribution in [1.82, 2.24) is 10.3 Å². The summed E-state index contributed by atoms with van der Waals surface area (Å²) in [7, 11) is 0. The fourth-order valence-corrected chi connectivity index (χ4v) is 4.13. The first-order valence-electron chi connectivity index (χ1n) is 10.2. The van der Waals surface area contributed by atoms with Crippen molar-refractivity contribution in [3.63, 3.8) is 0 Å². The number of carbonyl (C=O) groups is 2. The maximum atomic E-state index is 13.1. The lowest BCUT2D eigenvalue weighted by Gasteiger charge is -2.17. The van der Waals surface area contributed by atoms with E-state index in [1.165, 1.54) is 17.6 Å². The molecule has 166 valence electrons. The molecule has 2 aromatic heterocycles. The number of nitrogens with zero attached hydrogens (tertiary/aromatic N) is 1. The van der Waals surface area contributed by atoms with Gasteiger partial charge >= 0.3 is 0 Å². The van der Waals surface area contributed by atoms with Crippen molar-refractivity contribution in [2.45, 2.75) is 12.5 Å². The van der Waals surface area contributed by atoms with Crippen LogP contribution < -0.4 is 20.1 Å². The summed E-state index contributed by atoms with van der Waals surface area (Å²) >= 11 is 1.30. The van der Waals surface area contributed by atoms with Gasteiger partial charge in [0.2, 0.25) is 12.7 Å². The minimum absolute atomic E-state index is 0.139. The molecule has 2 aromatic carbocycles. The van der Waals surface area contributed by atoms with Crippen LogP contribution in [0.5, 0.6) is 11.5 Å². The van der Waals surface area contributed by atoms with Gasteiger partial charge in [-0.05, 0) is 35.9 Å². The molecule has 1 aliphatic heterocycles. The molecule has 4 aromatic rings. The van der Waals surface area contributed by atoms with Crippen molar-refractivity contribution in [3.8, 4) is 22.8 Å². The van der Waals surface area contributed by atoms with Crippen LogP contribution >= 0.6 is 11.3 Å². The van der Waals surface area contributed by atoms with E-state index < -0.39 is 11.9 Å². The minimum Gasteiger partial charge on any atom is -0.459 e. The van der Waals surface area contributed by atoms with Gasteiger partial charge in [0.15, 0.2) is 22.4 Å². The smallest absolute Gasteiger partial charge is 0.287 e. The van der Waals surface area contributed by atoms with Crippen LogP contribution in [-0.2, 0) is 11.2 Å². The molecule has 3 heterocycles. The van der Waals surface area contributed by atoms with E-state index in [4.69, 9.17) is 13.9 Å². The van der Waals surface area contributed by atoms with E-state index in [2.05, 4.69) is 15.6 Å². The maximum absolute atomic E-state index is 13.1. The summed E-state index contributed by atoms with van der Waals surface area (Å²) < 4.78 is 15.9. The van der Waals surface area contributed by atoms with Crippen molar-refractivity contribution >= 4 is 28.3 Å². The molecule has 2 amide bonds. The Bertz CT molecular complexity index is 1270. The number of benzene rings is 2. The molecule has 1 unspecified atom stereocenters. The van der Waals surface area contributed by atoms with Crippen molar-refractivity contribution < 1.29 is 23.5 Å². The van der Waals surface area contributed by atoms with Crippen LogP contribution in [-0.4, -0.2) is 29.6 Å². The van der Waals surface area contributed by atoms with E-state index in [0.717, 1.165) is 11.1 Å². The highest BCUT2D eigenvalue weighted by atomic mass is 32.1. The third-order valence-electron chi connectivity index (χ3n) is 5.05. The number of amides is 2. The van der Waals surface area contributed by atoms with Crippen molar-refractivity contribution in [2.24, 2.45) is 0 Å². The largest absolute Gasteiger partial charge is 0.459 e. The number of hydrogen-bond acceptors (Lipinski definition) is 7. The maximum Gasteiger partial charge on any atom is 0.287 e. The summed E-state index contributed by atoms with van der Waals surface area (Å²) in [5.41, 5.74) is 2.47. The molecule has 2 N–H and O–H groups in total. The normalized spacial score (nSPS) is 12.8. The average Bonchev–Trinajstić information content (AvgIpc) is 3.60. The summed E-state index contributed by atoms with van der Waals surface area (Å²) in [6.45, 7) is 0.198. The minimum atomic E-state index is -0.817. The summed E-state index contributed by atoms with van der Waals surface area (Å²) in [4.78, 5) is 30.1. The topological polar surface area (TPSA) is 103 Å². The Morgan fingerprint density at radius 2 is 1.88 bits per heavy atom. The van der Waals surface area contributed by atoms with Gasteiger partial charge in [-0.3, -0.25) is 9.59 Å². The molecule has 0 saturated carbocycles. The first-order chi connectivity index (χ1) is 16.2. The Labute approximate surface area is 193 Å². The summed E-state index contributed by atoms with van der Waals surface area (Å²) in [5.74, 6) is 0.662. The van der Waals surface area contributed by atoms with E-state index in [1.807, 2.05) is 53.9 Å². The Balaban J connectivity index is 1.32. The lowest BCUT2D eigenvalue weighted by molar-refractivity contribution is -0.118. The van der Waals surface area contributed by atoms with Crippen molar-refractivity contribution in [2.75, 3.05) is 12.1 Å². The molecule has 0 bridgehead atoms. The molecule has 33 heavy (non-hydrogen) atoms. The number of carbonyl (C=O) groups excluding carboxylic acids is 2. The van der Waals surface area contributed by atoms with Crippen molar-refractivity contribution in [1.29, 1.82) is 0 Å². The number of rotatable bonds is 7. The quantitative estimate of drug-likeness (QED) is 0.429.